The van der Waals surface area contributed by atoms with Crippen LogP contribution in [0.15, 0.2) is 40.7 Å². The number of allylic oxidation sites excluding steroid dienone is 1. The fourth-order valence-electron chi connectivity index (χ4n) is 2.27. The van der Waals surface area contributed by atoms with Crippen molar-refractivity contribution in [2.24, 2.45) is 0 Å². The summed E-state index contributed by atoms with van der Waals surface area (Å²) in [5.74, 6) is 0.556. The van der Waals surface area contributed by atoms with Crippen LogP contribution in [0.2, 0.25) is 0 Å². The lowest BCUT2D eigenvalue weighted by Crippen LogP contribution is -2.26. The third-order valence-electron chi connectivity index (χ3n) is 3.56. The molecule has 0 bridgehead atoms. The van der Waals surface area contributed by atoms with Crippen LogP contribution in [-0.4, -0.2) is 26.9 Å². The number of nitrogens with one attached hydrogen (secondary N) is 2. The molecule has 1 amide bonds. The van der Waals surface area contributed by atoms with E-state index in [1.807, 2.05) is 44.4 Å². The zero-order valence-electron chi connectivity index (χ0n) is 12.7. The Morgan fingerprint density at radius 1 is 1.36 bits per heavy atom. The maximum absolute atomic E-state index is 12.5. The Bertz CT molecular complexity index is 765. The Kier molecular flexibility index (Phi) is 3.89. The number of thioether (sulfide) groups is 1. The van der Waals surface area contributed by atoms with Gasteiger partial charge in [0.1, 0.15) is 0 Å². The molecule has 1 aromatic carbocycles. The molecule has 1 aliphatic rings. The minimum Gasteiger partial charge on any atom is -0.328 e. The SMILES string of the molecule is CSc1nc2n(n1)CC(C(=O)Nc1ccccc1C)=C(C)N2. The molecule has 0 saturated heterocycles. The first kappa shape index (κ1) is 14.6. The molecular formula is C15H17N5OS. The molecule has 0 unspecified atom stereocenters. The molecule has 1 aliphatic heterocycles. The van der Waals surface area contributed by atoms with Gasteiger partial charge >= 0.3 is 0 Å². The van der Waals surface area contributed by atoms with Crippen molar-refractivity contribution >= 4 is 29.3 Å². The van der Waals surface area contributed by atoms with Gasteiger partial charge in [0.15, 0.2) is 0 Å². The standard InChI is InChI=1S/C15H17N5OS/c1-9-6-4-5-7-12(9)17-13(21)11-8-20-14(16-10(11)2)18-15(19-20)22-3/h4-7H,8H2,1-3H3,(H,17,21)(H,16,18,19). The van der Waals surface area contributed by atoms with Gasteiger partial charge in [0.2, 0.25) is 11.1 Å². The maximum atomic E-state index is 12.5. The Morgan fingerprint density at radius 2 is 2.14 bits per heavy atom. The number of carbonyl (C=O) groups is 1. The lowest BCUT2D eigenvalue weighted by atomic mass is 10.1. The number of rotatable bonds is 3. The number of nitrogens with zero attached hydrogens (tertiary/aromatic N) is 3. The van der Waals surface area contributed by atoms with Crippen LogP contribution in [0.4, 0.5) is 11.6 Å². The summed E-state index contributed by atoms with van der Waals surface area (Å²) >= 11 is 1.48. The Morgan fingerprint density at radius 3 is 2.86 bits per heavy atom. The average Bonchev–Trinajstić information content (AvgIpc) is 2.90. The highest BCUT2D eigenvalue weighted by molar-refractivity contribution is 7.98. The van der Waals surface area contributed by atoms with Gasteiger partial charge in [-0.2, -0.15) is 4.98 Å². The predicted octanol–water partition coefficient (Wildman–Crippen LogP) is 2.65. The molecule has 0 atom stereocenters. The van der Waals surface area contributed by atoms with Gasteiger partial charge in [-0.05, 0) is 31.7 Å². The third kappa shape index (κ3) is 2.71. The van der Waals surface area contributed by atoms with Crippen LogP contribution >= 0.6 is 11.8 Å². The molecule has 2 heterocycles. The molecule has 3 rings (SSSR count). The first-order valence-corrected chi connectivity index (χ1v) is 8.13. The molecule has 1 aromatic heterocycles. The number of fused-ring (bicyclic) bond motifs is 1. The van der Waals surface area contributed by atoms with Gasteiger partial charge in [-0.15, -0.1) is 5.10 Å². The number of anilines is 2. The molecule has 0 saturated carbocycles. The van der Waals surface area contributed by atoms with E-state index >= 15 is 0 Å². The van der Waals surface area contributed by atoms with Crippen LogP contribution in [0.3, 0.4) is 0 Å². The summed E-state index contributed by atoms with van der Waals surface area (Å²) in [6.07, 6.45) is 1.92. The van der Waals surface area contributed by atoms with E-state index in [1.165, 1.54) is 11.8 Å². The second-order valence-electron chi connectivity index (χ2n) is 5.08. The van der Waals surface area contributed by atoms with Gasteiger partial charge in [-0.1, -0.05) is 30.0 Å². The number of aromatic nitrogens is 3. The summed E-state index contributed by atoms with van der Waals surface area (Å²) in [5.41, 5.74) is 3.32. The normalized spacial score (nSPS) is 13.6. The van der Waals surface area contributed by atoms with Gasteiger partial charge in [0.25, 0.3) is 5.91 Å². The molecule has 6 nitrogen and oxygen atoms in total. The molecule has 2 N–H and O–H groups in total. The van der Waals surface area contributed by atoms with Crippen LogP contribution in [0.25, 0.3) is 0 Å². The van der Waals surface area contributed by atoms with Gasteiger partial charge in [0.05, 0.1) is 12.1 Å². The van der Waals surface area contributed by atoms with E-state index in [2.05, 4.69) is 20.7 Å². The molecule has 0 aliphatic carbocycles. The highest BCUT2D eigenvalue weighted by Crippen LogP contribution is 2.23. The second-order valence-corrected chi connectivity index (χ2v) is 5.85. The fourth-order valence-corrected chi connectivity index (χ4v) is 2.63. The van der Waals surface area contributed by atoms with E-state index in [9.17, 15) is 4.79 Å². The van der Waals surface area contributed by atoms with Crippen LogP contribution < -0.4 is 10.6 Å². The quantitative estimate of drug-likeness (QED) is 0.852. The zero-order chi connectivity index (χ0) is 15.7. The second kappa shape index (κ2) is 5.84. The molecule has 22 heavy (non-hydrogen) atoms. The summed E-state index contributed by atoms with van der Waals surface area (Å²) < 4.78 is 1.71. The first-order valence-electron chi connectivity index (χ1n) is 6.91. The van der Waals surface area contributed by atoms with Gasteiger partial charge in [-0.25, -0.2) is 4.68 Å². The number of para-hydroxylation sites is 1. The van der Waals surface area contributed by atoms with E-state index in [0.29, 0.717) is 23.2 Å². The van der Waals surface area contributed by atoms with E-state index in [4.69, 9.17) is 0 Å². The lowest BCUT2D eigenvalue weighted by Gasteiger charge is -2.20. The zero-order valence-corrected chi connectivity index (χ0v) is 13.5. The van der Waals surface area contributed by atoms with Crippen LogP contribution in [0.1, 0.15) is 12.5 Å². The molecule has 0 fully saturated rings. The Labute approximate surface area is 133 Å². The molecule has 7 heteroatoms. The topological polar surface area (TPSA) is 71.8 Å². The highest BCUT2D eigenvalue weighted by Gasteiger charge is 2.23. The van der Waals surface area contributed by atoms with Crippen molar-refractivity contribution in [1.82, 2.24) is 14.8 Å². The van der Waals surface area contributed by atoms with Crippen molar-refractivity contribution < 1.29 is 4.79 Å². The lowest BCUT2D eigenvalue weighted by molar-refractivity contribution is -0.113. The minimum absolute atomic E-state index is 0.119. The van der Waals surface area contributed by atoms with Crippen molar-refractivity contribution in [3.05, 3.63) is 41.1 Å². The Hall–Kier alpha value is -2.28. The smallest absolute Gasteiger partial charge is 0.255 e. The number of benzene rings is 1. The summed E-state index contributed by atoms with van der Waals surface area (Å²) in [5, 5.41) is 11.1. The van der Waals surface area contributed by atoms with Crippen LogP contribution in [0.5, 0.6) is 0 Å². The van der Waals surface area contributed by atoms with Gasteiger partial charge in [0, 0.05) is 11.4 Å². The van der Waals surface area contributed by atoms with E-state index in [1.54, 1.807) is 4.68 Å². The summed E-state index contributed by atoms with van der Waals surface area (Å²) in [6.45, 7) is 4.26. The monoisotopic (exact) mass is 315 g/mol. The highest BCUT2D eigenvalue weighted by atomic mass is 32.2. The third-order valence-corrected chi connectivity index (χ3v) is 4.10. The van der Waals surface area contributed by atoms with E-state index < -0.39 is 0 Å². The average molecular weight is 315 g/mol. The predicted molar refractivity (Wildman–Crippen MR) is 87.9 cm³/mol. The van der Waals surface area contributed by atoms with Gasteiger partial charge < -0.3 is 10.6 Å². The van der Waals surface area contributed by atoms with Crippen molar-refractivity contribution in [2.75, 3.05) is 16.9 Å². The Balaban J connectivity index is 1.82. The summed E-state index contributed by atoms with van der Waals surface area (Å²) in [4.78, 5) is 16.9. The van der Waals surface area contributed by atoms with E-state index in [-0.39, 0.29) is 5.91 Å². The fraction of sp³-hybridized carbons (Fsp3) is 0.267. The number of aryl methyl sites for hydroxylation is 1. The molecule has 114 valence electrons. The first-order chi connectivity index (χ1) is 10.6. The number of hydrogen-bond donors (Lipinski definition) is 2. The molecule has 0 radical (unpaired) electrons. The largest absolute Gasteiger partial charge is 0.328 e. The van der Waals surface area contributed by atoms with Crippen molar-refractivity contribution in [3.63, 3.8) is 0 Å². The minimum atomic E-state index is -0.119. The molecule has 2 aromatic rings. The summed E-state index contributed by atoms with van der Waals surface area (Å²) in [7, 11) is 0. The number of amides is 1. The van der Waals surface area contributed by atoms with Crippen molar-refractivity contribution in [1.29, 1.82) is 0 Å². The molecular weight excluding hydrogens is 298 g/mol. The number of carbonyl (C=O) groups excluding carboxylic acids is 1. The van der Waals surface area contributed by atoms with Gasteiger partial charge in [-0.3, -0.25) is 4.79 Å². The van der Waals surface area contributed by atoms with Crippen molar-refractivity contribution in [3.8, 4) is 0 Å². The van der Waals surface area contributed by atoms with E-state index in [0.717, 1.165) is 16.9 Å². The summed E-state index contributed by atoms with van der Waals surface area (Å²) in [6, 6.07) is 7.72. The molecule has 0 spiro atoms. The maximum Gasteiger partial charge on any atom is 0.255 e. The number of hydrogen-bond acceptors (Lipinski definition) is 5. The van der Waals surface area contributed by atoms with Crippen LogP contribution in [0, 0.1) is 6.92 Å². The van der Waals surface area contributed by atoms with Crippen LogP contribution in [-0.2, 0) is 11.3 Å². The van der Waals surface area contributed by atoms with Crippen molar-refractivity contribution in [2.45, 2.75) is 25.5 Å².